The summed E-state index contributed by atoms with van der Waals surface area (Å²) < 4.78 is 1.38. The minimum Gasteiger partial charge on any atom is -0.383 e. The Morgan fingerprint density at radius 3 is 2.61 bits per heavy atom. The molecular formula is C24H32N4O3. The third-order valence-corrected chi connectivity index (χ3v) is 7.03. The van der Waals surface area contributed by atoms with Gasteiger partial charge in [-0.05, 0) is 49.0 Å². The molecule has 2 aromatic rings. The van der Waals surface area contributed by atoms with Gasteiger partial charge >= 0.3 is 5.69 Å². The Morgan fingerprint density at radius 2 is 1.97 bits per heavy atom. The van der Waals surface area contributed by atoms with E-state index in [1.165, 1.54) is 28.7 Å². The summed E-state index contributed by atoms with van der Waals surface area (Å²) in [6, 6.07) is 9.58. The van der Waals surface area contributed by atoms with E-state index in [1.54, 1.807) is 0 Å². The molecule has 2 bridgehead atoms. The first-order chi connectivity index (χ1) is 15.0. The Bertz CT molecular complexity index is 1040. The van der Waals surface area contributed by atoms with Crippen molar-refractivity contribution in [3.63, 3.8) is 0 Å². The van der Waals surface area contributed by atoms with Crippen LogP contribution in [0.3, 0.4) is 0 Å². The van der Waals surface area contributed by atoms with Gasteiger partial charge in [-0.1, -0.05) is 50.1 Å². The van der Waals surface area contributed by atoms with Gasteiger partial charge in [0.05, 0.1) is 6.54 Å². The average Bonchev–Trinajstić information content (AvgIpc) is 3.36. The van der Waals surface area contributed by atoms with Crippen molar-refractivity contribution in [3.8, 4) is 0 Å². The van der Waals surface area contributed by atoms with E-state index in [0.717, 1.165) is 30.7 Å². The van der Waals surface area contributed by atoms with Gasteiger partial charge < -0.3 is 10.6 Å². The minimum absolute atomic E-state index is 0.0689. The molecule has 7 nitrogen and oxygen atoms in total. The number of H-pyrrole nitrogens is 1. The van der Waals surface area contributed by atoms with Crippen LogP contribution in [0.1, 0.15) is 57.4 Å². The molecule has 3 unspecified atom stereocenters. The molecule has 7 heteroatoms. The number of anilines is 2. The molecule has 2 aliphatic rings. The number of rotatable bonds is 8. The van der Waals surface area contributed by atoms with Crippen molar-refractivity contribution < 1.29 is 4.79 Å². The molecule has 0 spiro atoms. The number of nitrogens with zero attached hydrogens (tertiary/aromatic N) is 2. The van der Waals surface area contributed by atoms with Crippen LogP contribution >= 0.6 is 0 Å². The van der Waals surface area contributed by atoms with E-state index in [2.05, 4.69) is 4.98 Å². The maximum Gasteiger partial charge on any atom is 0.330 e. The summed E-state index contributed by atoms with van der Waals surface area (Å²) in [5.41, 5.74) is 6.21. The highest BCUT2D eigenvalue weighted by Crippen LogP contribution is 2.49. The van der Waals surface area contributed by atoms with Crippen molar-refractivity contribution in [2.45, 2.75) is 65.0 Å². The molecule has 4 rings (SSSR count). The number of unbranched alkanes of at least 4 members (excludes halogenated alkanes) is 1. The monoisotopic (exact) mass is 424 g/mol. The highest BCUT2D eigenvalue weighted by molar-refractivity contribution is 5.95. The van der Waals surface area contributed by atoms with Crippen LogP contribution in [0.2, 0.25) is 0 Å². The van der Waals surface area contributed by atoms with Crippen LogP contribution in [-0.4, -0.2) is 15.5 Å². The molecule has 1 heterocycles. The number of fused-ring (bicyclic) bond motifs is 2. The molecular weight excluding hydrogens is 392 g/mol. The van der Waals surface area contributed by atoms with Crippen molar-refractivity contribution >= 4 is 17.4 Å². The largest absolute Gasteiger partial charge is 0.383 e. The Kier molecular flexibility index (Phi) is 6.30. The number of benzene rings is 1. The lowest BCUT2D eigenvalue weighted by atomic mass is 9.86. The fourth-order valence-corrected chi connectivity index (χ4v) is 5.40. The smallest absolute Gasteiger partial charge is 0.330 e. The number of amides is 1. The van der Waals surface area contributed by atoms with Crippen molar-refractivity contribution in [3.05, 3.63) is 56.7 Å². The van der Waals surface area contributed by atoms with Gasteiger partial charge in [0.1, 0.15) is 5.82 Å². The van der Waals surface area contributed by atoms with Crippen LogP contribution in [0.25, 0.3) is 0 Å². The molecule has 3 atom stereocenters. The SMILES string of the molecule is CCCCn1c(N)c(N(Cc2ccccc2)C(=O)CC2CC3CCC2C3)c(=O)[nH]c1=O. The summed E-state index contributed by atoms with van der Waals surface area (Å²) >= 11 is 0. The van der Waals surface area contributed by atoms with E-state index in [1.807, 2.05) is 37.3 Å². The predicted octanol–water partition coefficient (Wildman–Crippen LogP) is 3.28. The van der Waals surface area contributed by atoms with E-state index >= 15 is 0 Å². The van der Waals surface area contributed by atoms with Crippen LogP contribution in [0.15, 0.2) is 39.9 Å². The van der Waals surface area contributed by atoms with Crippen molar-refractivity contribution in [2.75, 3.05) is 10.6 Å². The van der Waals surface area contributed by atoms with E-state index in [9.17, 15) is 14.4 Å². The van der Waals surface area contributed by atoms with Crippen molar-refractivity contribution in [1.82, 2.24) is 9.55 Å². The van der Waals surface area contributed by atoms with Crippen molar-refractivity contribution in [2.24, 2.45) is 17.8 Å². The predicted molar refractivity (Wildman–Crippen MR) is 122 cm³/mol. The van der Waals surface area contributed by atoms with E-state index < -0.39 is 11.2 Å². The van der Waals surface area contributed by atoms with Crippen LogP contribution in [0.4, 0.5) is 11.5 Å². The number of hydrogen-bond acceptors (Lipinski definition) is 4. The molecule has 1 amide bonds. The second-order valence-corrected chi connectivity index (χ2v) is 9.10. The maximum atomic E-state index is 13.5. The summed E-state index contributed by atoms with van der Waals surface area (Å²) in [7, 11) is 0. The van der Waals surface area contributed by atoms with Gasteiger partial charge in [-0.3, -0.25) is 19.1 Å². The second-order valence-electron chi connectivity index (χ2n) is 9.10. The van der Waals surface area contributed by atoms with Gasteiger partial charge in [0.15, 0.2) is 5.69 Å². The summed E-state index contributed by atoms with van der Waals surface area (Å²) in [5.74, 6) is 1.70. The summed E-state index contributed by atoms with van der Waals surface area (Å²) in [6.45, 7) is 2.68. The number of aromatic amines is 1. The zero-order valence-electron chi connectivity index (χ0n) is 18.2. The molecule has 2 aliphatic carbocycles. The van der Waals surface area contributed by atoms with Gasteiger partial charge in [-0.2, -0.15) is 0 Å². The molecule has 1 aromatic carbocycles. The lowest BCUT2D eigenvalue weighted by molar-refractivity contribution is -0.120. The molecule has 0 aliphatic heterocycles. The first-order valence-electron chi connectivity index (χ1n) is 11.4. The molecule has 0 saturated heterocycles. The maximum absolute atomic E-state index is 13.5. The Labute approximate surface area is 182 Å². The number of nitrogen functional groups attached to an aromatic ring is 1. The normalized spacial score (nSPS) is 22.0. The van der Waals surface area contributed by atoms with Crippen LogP contribution in [-0.2, 0) is 17.9 Å². The van der Waals surface area contributed by atoms with Gasteiger partial charge in [0.2, 0.25) is 5.91 Å². The quantitative estimate of drug-likeness (QED) is 0.679. The summed E-state index contributed by atoms with van der Waals surface area (Å²) in [6.07, 6.45) is 6.86. The van der Waals surface area contributed by atoms with E-state index in [4.69, 9.17) is 5.73 Å². The molecule has 2 saturated carbocycles. The standard InChI is InChI=1S/C24H32N4O3/c1-2-3-11-27-22(25)21(23(30)26-24(27)31)28(15-16-7-5-4-6-8-16)20(29)14-19-13-17-9-10-18(19)12-17/h4-8,17-19H,2-3,9-15,25H2,1H3,(H,26,30,31). The first kappa shape index (κ1) is 21.4. The third kappa shape index (κ3) is 4.45. The van der Waals surface area contributed by atoms with Gasteiger partial charge in [-0.15, -0.1) is 0 Å². The summed E-state index contributed by atoms with van der Waals surface area (Å²) in [4.78, 5) is 42.6. The minimum atomic E-state index is -0.604. The lowest BCUT2D eigenvalue weighted by Gasteiger charge is -2.28. The number of hydrogen-bond donors (Lipinski definition) is 2. The molecule has 31 heavy (non-hydrogen) atoms. The number of aromatic nitrogens is 2. The molecule has 166 valence electrons. The Hall–Kier alpha value is -2.83. The zero-order valence-corrected chi connectivity index (χ0v) is 18.2. The fraction of sp³-hybridized carbons (Fsp3) is 0.542. The second kappa shape index (κ2) is 9.12. The van der Waals surface area contributed by atoms with Crippen LogP contribution < -0.4 is 21.9 Å². The van der Waals surface area contributed by atoms with Gasteiger partial charge in [-0.25, -0.2) is 4.79 Å². The number of nitrogens with two attached hydrogens (primary N) is 1. The number of carbonyl (C=O) groups is 1. The molecule has 3 N–H and O–H groups in total. The van der Waals surface area contributed by atoms with E-state index in [-0.39, 0.29) is 24.0 Å². The van der Waals surface area contributed by atoms with Gasteiger partial charge in [0.25, 0.3) is 5.56 Å². The lowest BCUT2D eigenvalue weighted by Crippen LogP contribution is -2.41. The van der Waals surface area contributed by atoms with Gasteiger partial charge in [0, 0.05) is 13.0 Å². The third-order valence-electron chi connectivity index (χ3n) is 7.03. The van der Waals surface area contributed by atoms with Crippen molar-refractivity contribution in [1.29, 1.82) is 0 Å². The highest BCUT2D eigenvalue weighted by atomic mass is 16.2. The van der Waals surface area contributed by atoms with Crippen LogP contribution in [0.5, 0.6) is 0 Å². The molecule has 1 aromatic heterocycles. The molecule has 0 radical (unpaired) electrons. The Balaban J connectivity index is 1.69. The fourth-order valence-electron chi connectivity index (χ4n) is 5.40. The molecule has 2 fully saturated rings. The topological polar surface area (TPSA) is 101 Å². The number of carbonyl (C=O) groups excluding carboxylic acids is 1. The highest BCUT2D eigenvalue weighted by Gasteiger charge is 2.41. The first-order valence-corrected chi connectivity index (χ1v) is 11.4. The number of nitrogens with one attached hydrogen (secondary N) is 1. The zero-order chi connectivity index (χ0) is 22.0. The Morgan fingerprint density at radius 1 is 1.19 bits per heavy atom. The van der Waals surface area contributed by atoms with Crippen LogP contribution in [0, 0.1) is 17.8 Å². The summed E-state index contributed by atoms with van der Waals surface area (Å²) in [5, 5.41) is 0. The average molecular weight is 425 g/mol. The van der Waals surface area contributed by atoms with E-state index in [0.29, 0.717) is 24.8 Å².